The van der Waals surface area contributed by atoms with Crippen LogP contribution in [-0.4, -0.2) is 30.5 Å². The fourth-order valence-electron chi connectivity index (χ4n) is 1.36. The third kappa shape index (κ3) is 2.53. The van der Waals surface area contributed by atoms with Crippen molar-refractivity contribution in [2.24, 2.45) is 0 Å². The molecule has 82 valence electrons. The zero-order valence-corrected chi connectivity index (χ0v) is 10.9. The molecule has 0 spiro atoms. The van der Waals surface area contributed by atoms with E-state index < -0.39 is 0 Å². The van der Waals surface area contributed by atoms with Gasteiger partial charge in [0, 0.05) is 0 Å². The SMILES string of the molecule is O=C(NC1COCC1Cl)c1ccsc1Br. The summed E-state index contributed by atoms with van der Waals surface area (Å²) in [5.41, 5.74) is 0.649. The number of hydrogen-bond donors (Lipinski definition) is 1. The van der Waals surface area contributed by atoms with Crippen LogP contribution < -0.4 is 5.32 Å². The van der Waals surface area contributed by atoms with Crippen LogP contribution >= 0.6 is 38.9 Å². The molecular formula is C9H9BrClNO2S. The normalized spacial score (nSPS) is 25.5. The van der Waals surface area contributed by atoms with Gasteiger partial charge >= 0.3 is 0 Å². The van der Waals surface area contributed by atoms with Gasteiger partial charge in [0.2, 0.25) is 0 Å². The summed E-state index contributed by atoms with van der Waals surface area (Å²) in [6, 6.07) is 1.69. The first-order chi connectivity index (χ1) is 7.18. The van der Waals surface area contributed by atoms with Crippen molar-refractivity contribution in [1.29, 1.82) is 0 Å². The van der Waals surface area contributed by atoms with Crippen molar-refractivity contribution in [1.82, 2.24) is 5.32 Å². The first-order valence-corrected chi connectivity index (χ1v) is 6.55. The molecule has 1 aromatic heterocycles. The van der Waals surface area contributed by atoms with Gasteiger partial charge in [0.25, 0.3) is 5.91 Å². The minimum atomic E-state index is -0.133. The molecule has 1 N–H and O–H groups in total. The second kappa shape index (κ2) is 4.82. The maximum Gasteiger partial charge on any atom is 0.253 e. The Balaban J connectivity index is 2.01. The highest BCUT2D eigenvalue weighted by Gasteiger charge is 2.28. The van der Waals surface area contributed by atoms with E-state index in [1.807, 2.05) is 5.38 Å². The molecule has 0 aromatic carbocycles. The largest absolute Gasteiger partial charge is 0.378 e. The summed E-state index contributed by atoms with van der Waals surface area (Å²) in [6.45, 7) is 0.985. The van der Waals surface area contributed by atoms with E-state index in [0.717, 1.165) is 3.79 Å². The lowest BCUT2D eigenvalue weighted by Crippen LogP contribution is -2.40. The molecule has 2 unspecified atom stereocenters. The van der Waals surface area contributed by atoms with Crippen molar-refractivity contribution in [2.45, 2.75) is 11.4 Å². The van der Waals surface area contributed by atoms with E-state index in [-0.39, 0.29) is 17.3 Å². The summed E-state index contributed by atoms with van der Waals surface area (Å²) >= 11 is 10.8. The molecule has 1 amide bonds. The van der Waals surface area contributed by atoms with Crippen molar-refractivity contribution in [2.75, 3.05) is 13.2 Å². The summed E-state index contributed by atoms with van der Waals surface area (Å²) in [5, 5.41) is 4.58. The van der Waals surface area contributed by atoms with E-state index in [1.165, 1.54) is 11.3 Å². The van der Waals surface area contributed by atoms with Gasteiger partial charge in [-0.05, 0) is 27.4 Å². The Morgan fingerprint density at radius 1 is 1.67 bits per heavy atom. The highest BCUT2D eigenvalue weighted by molar-refractivity contribution is 9.11. The number of nitrogens with one attached hydrogen (secondary N) is 1. The summed E-state index contributed by atoms with van der Waals surface area (Å²) in [5.74, 6) is -0.107. The van der Waals surface area contributed by atoms with E-state index in [4.69, 9.17) is 16.3 Å². The maximum absolute atomic E-state index is 11.8. The maximum atomic E-state index is 11.8. The molecule has 2 atom stereocenters. The molecule has 3 nitrogen and oxygen atoms in total. The van der Waals surface area contributed by atoms with Crippen LogP contribution in [0.1, 0.15) is 10.4 Å². The number of carbonyl (C=O) groups excluding carboxylic acids is 1. The lowest BCUT2D eigenvalue weighted by molar-refractivity contribution is 0.0930. The quantitative estimate of drug-likeness (QED) is 0.851. The molecule has 0 aliphatic carbocycles. The van der Waals surface area contributed by atoms with Crippen LogP contribution in [-0.2, 0) is 4.74 Å². The first kappa shape index (κ1) is 11.4. The topological polar surface area (TPSA) is 38.3 Å². The van der Waals surface area contributed by atoms with Crippen molar-refractivity contribution in [3.8, 4) is 0 Å². The molecule has 0 saturated carbocycles. The van der Waals surface area contributed by atoms with Crippen LogP contribution in [0, 0.1) is 0 Å². The predicted octanol–water partition coefficient (Wildman–Crippen LogP) is 2.25. The molecule has 1 fully saturated rings. The van der Waals surface area contributed by atoms with Crippen LogP contribution in [0.2, 0.25) is 0 Å². The van der Waals surface area contributed by atoms with E-state index in [1.54, 1.807) is 6.07 Å². The molecule has 1 aliphatic heterocycles. The standard InChI is InChI=1S/C9H9BrClNO2S/c10-8-5(1-2-15-8)9(13)12-7-4-14-3-6(7)11/h1-2,6-7H,3-4H2,(H,12,13). The van der Waals surface area contributed by atoms with E-state index >= 15 is 0 Å². The molecule has 0 bridgehead atoms. The van der Waals surface area contributed by atoms with Gasteiger partial charge in [-0.25, -0.2) is 0 Å². The Kier molecular flexibility index (Phi) is 3.66. The van der Waals surface area contributed by atoms with Gasteiger partial charge in [0.1, 0.15) is 0 Å². The van der Waals surface area contributed by atoms with Crippen LogP contribution in [0.25, 0.3) is 0 Å². The Labute approximate surface area is 105 Å². The third-order valence-electron chi connectivity index (χ3n) is 2.19. The van der Waals surface area contributed by atoms with E-state index in [2.05, 4.69) is 21.2 Å². The zero-order valence-electron chi connectivity index (χ0n) is 7.70. The molecule has 1 aliphatic rings. The van der Waals surface area contributed by atoms with Crippen LogP contribution in [0.15, 0.2) is 15.2 Å². The molecule has 1 aromatic rings. The van der Waals surface area contributed by atoms with Gasteiger partial charge < -0.3 is 10.1 Å². The van der Waals surface area contributed by atoms with Gasteiger partial charge in [0.15, 0.2) is 0 Å². The van der Waals surface area contributed by atoms with Crippen LogP contribution in [0.5, 0.6) is 0 Å². The monoisotopic (exact) mass is 309 g/mol. The average Bonchev–Trinajstić information content (AvgIpc) is 2.76. The Hall–Kier alpha value is -0.100. The number of halogens is 2. The summed E-state index contributed by atoms with van der Waals surface area (Å²) in [7, 11) is 0. The van der Waals surface area contributed by atoms with Crippen molar-refractivity contribution in [3.63, 3.8) is 0 Å². The van der Waals surface area contributed by atoms with Gasteiger partial charge in [-0.1, -0.05) is 0 Å². The number of alkyl halides is 1. The zero-order chi connectivity index (χ0) is 10.8. The number of thiophene rings is 1. The first-order valence-electron chi connectivity index (χ1n) is 4.44. The molecular weight excluding hydrogens is 302 g/mol. The molecule has 0 radical (unpaired) electrons. The highest BCUT2D eigenvalue weighted by atomic mass is 79.9. The Morgan fingerprint density at radius 2 is 2.47 bits per heavy atom. The fourth-order valence-corrected chi connectivity index (χ4v) is 2.83. The predicted molar refractivity (Wildman–Crippen MR) is 63.7 cm³/mol. The molecule has 2 heterocycles. The van der Waals surface area contributed by atoms with Crippen LogP contribution in [0.3, 0.4) is 0 Å². The lowest BCUT2D eigenvalue weighted by Gasteiger charge is -2.13. The van der Waals surface area contributed by atoms with Crippen molar-refractivity contribution < 1.29 is 9.53 Å². The second-order valence-electron chi connectivity index (χ2n) is 3.24. The Bertz CT molecular complexity index is 371. The smallest absolute Gasteiger partial charge is 0.253 e. The van der Waals surface area contributed by atoms with E-state index in [9.17, 15) is 4.79 Å². The van der Waals surface area contributed by atoms with E-state index in [0.29, 0.717) is 18.8 Å². The summed E-state index contributed by atoms with van der Waals surface area (Å²) in [6.07, 6.45) is 0. The summed E-state index contributed by atoms with van der Waals surface area (Å²) in [4.78, 5) is 11.8. The third-order valence-corrected chi connectivity index (χ3v) is 4.31. The minimum Gasteiger partial charge on any atom is -0.378 e. The minimum absolute atomic E-state index is 0.0917. The molecule has 15 heavy (non-hydrogen) atoms. The number of ether oxygens (including phenoxy) is 1. The average molecular weight is 311 g/mol. The molecule has 1 saturated heterocycles. The van der Waals surface area contributed by atoms with Gasteiger partial charge in [0.05, 0.1) is 34.0 Å². The van der Waals surface area contributed by atoms with Gasteiger partial charge in [-0.2, -0.15) is 0 Å². The Morgan fingerprint density at radius 3 is 3.00 bits per heavy atom. The number of amides is 1. The van der Waals surface area contributed by atoms with Gasteiger partial charge in [-0.15, -0.1) is 22.9 Å². The van der Waals surface area contributed by atoms with Gasteiger partial charge in [-0.3, -0.25) is 4.79 Å². The molecule has 2 rings (SSSR count). The fraction of sp³-hybridized carbons (Fsp3) is 0.444. The summed E-state index contributed by atoms with van der Waals surface area (Å²) < 4.78 is 6.00. The van der Waals surface area contributed by atoms with Crippen molar-refractivity contribution in [3.05, 3.63) is 20.8 Å². The van der Waals surface area contributed by atoms with Crippen LogP contribution in [0.4, 0.5) is 0 Å². The number of carbonyl (C=O) groups is 1. The lowest BCUT2D eigenvalue weighted by atomic mass is 10.2. The second-order valence-corrected chi connectivity index (χ2v) is 6.04. The number of rotatable bonds is 2. The molecule has 6 heteroatoms. The highest BCUT2D eigenvalue weighted by Crippen LogP contribution is 2.23. The number of hydrogen-bond acceptors (Lipinski definition) is 3. The van der Waals surface area contributed by atoms with Crippen molar-refractivity contribution >= 4 is 44.8 Å².